The molecule has 3 N–H and O–H groups in total. The van der Waals surface area contributed by atoms with Crippen LogP contribution in [0.5, 0.6) is 0 Å². The van der Waals surface area contributed by atoms with Gasteiger partial charge >= 0.3 is 6.09 Å². The Labute approximate surface area is 184 Å². The lowest BCUT2D eigenvalue weighted by Gasteiger charge is -2.33. The minimum absolute atomic E-state index is 0.0194. The molecule has 10 nitrogen and oxygen atoms in total. The van der Waals surface area contributed by atoms with E-state index in [1.165, 1.54) is 4.90 Å². The first-order valence-electron chi connectivity index (χ1n) is 10.8. The molecule has 0 aromatic heterocycles. The Morgan fingerprint density at radius 2 is 1.84 bits per heavy atom. The van der Waals surface area contributed by atoms with E-state index in [1.807, 2.05) is 0 Å². The van der Waals surface area contributed by atoms with Crippen molar-refractivity contribution < 1.29 is 29.1 Å². The number of nitrogens with one attached hydrogen (secondary N) is 2. The molecule has 0 radical (unpaired) electrons. The summed E-state index contributed by atoms with van der Waals surface area (Å²) in [5.41, 5.74) is 1.04. The van der Waals surface area contributed by atoms with Crippen molar-refractivity contribution in [1.29, 1.82) is 0 Å². The number of carboxylic acid groups (broad SMARTS) is 1. The summed E-state index contributed by atoms with van der Waals surface area (Å²) in [5, 5.41) is 14.6. The molecule has 0 bridgehead atoms. The highest BCUT2D eigenvalue weighted by Gasteiger charge is 2.45. The number of amides is 5. The molecule has 1 aromatic carbocycles. The number of imide groups is 2. The zero-order valence-corrected chi connectivity index (χ0v) is 17.8. The molecular formula is C22H26N4O6. The van der Waals surface area contributed by atoms with Gasteiger partial charge in [0.05, 0.1) is 11.1 Å². The topological polar surface area (TPSA) is 136 Å². The standard InChI is InChI=1S/C22H26N4O6/c1-25(22(31)32)13-7-5-12(6-8-13)11-23-15-4-2-3-14-18(15)21(30)26(20(14)29)16-9-10-17(27)24-19(16)28/h2-4,12-13,16,23H,5-11H2,1H3,(H,31,32)(H,24,27,28). The van der Waals surface area contributed by atoms with Gasteiger partial charge in [0.25, 0.3) is 11.8 Å². The van der Waals surface area contributed by atoms with Crippen LogP contribution in [0.3, 0.4) is 0 Å². The minimum Gasteiger partial charge on any atom is -0.465 e. The van der Waals surface area contributed by atoms with E-state index < -0.39 is 35.8 Å². The second-order valence-electron chi connectivity index (χ2n) is 8.62. The molecule has 2 heterocycles. The van der Waals surface area contributed by atoms with E-state index in [-0.39, 0.29) is 30.0 Å². The average molecular weight is 442 g/mol. The maximum atomic E-state index is 13.1. The van der Waals surface area contributed by atoms with Crippen LogP contribution in [0.25, 0.3) is 0 Å². The van der Waals surface area contributed by atoms with E-state index in [2.05, 4.69) is 10.6 Å². The largest absolute Gasteiger partial charge is 0.465 e. The van der Waals surface area contributed by atoms with Gasteiger partial charge in [-0.25, -0.2) is 4.79 Å². The average Bonchev–Trinajstić information content (AvgIpc) is 3.03. The SMILES string of the molecule is CN(C(=O)O)C1CCC(CNc2cccc3c2C(=O)N(C2CCC(=O)NC2=O)C3=O)CC1. The highest BCUT2D eigenvalue weighted by molar-refractivity contribution is 6.25. The van der Waals surface area contributed by atoms with Gasteiger partial charge in [-0.05, 0) is 50.2 Å². The van der Waals surface area contributed by atoms with Gasteiger partial charge in [0.15, 0.2) is 0 Å². The number of fused-ring (bicyclic) bond motifs is 1. The summed E-state index contributed by atoms with van der Waals surface area (Å²) in [5.74, 6) is -1.78. The number of anilines is 1. The number of nitrogens with zero attached hydrogens (tertiary/aromatic N) is 2. The van der Waals surface area contributed by atoms with Gasteiger partial charge in [0.1, 0.15) is 6.04 Å². The van der Waals surface area contributed by atoms with Crippen LogP contribution >= 0.6 is 0 Å². The van der Waals surface area contributed by atoms with Gasteiger partial charge in [-0.15, -0.1) is 0 Å². The van der Waals surface area contributed by atoms with Gasteiger partial charge in [-0.3, -0.25) is 29.4 Å². The summed E-state index contributed by atoms with van der Waals surface area (Å²) >= 11 is 0. The summed E-state index contributed by atoms with van der Waals surface area (Å²) in [6.07, 6.45) is 2.56. The molecule has 1 aromatic rings. The summed E-state index contributed by atoms with van der Waals surface area (Å²) in [6.45, 7) is 0.597. The molecular weight excluding hydrogens is 416 g/mol. The predicted molar refractivity (Wildman–Crippen MR) is 113 cm³/mol. The molecule has 5 amide bonds. The van der Waals surface area contributed by atoms with Crippen molar-refractivity contribution in [2.45, 2.75) is 50.6 Å². The van der Waals surface area contributed by atoms with Crippen LogP contribution in [-0.2, 0) is 9.59 Å². The van der Waals surface area contributed by atoms with Crippen LogP contribution in [0, 0.1) is 5.92 Å². The first kappa shape index (κ1) is 21.8. The Morgan fingerprint density at radius 1 is 1.12 bits per heavy atom. The predicted octanol–water partition coefficient (Wildman–Crippen LogP) is 1.67. The van der Waals surface area contributed by atoms with E-state index in [0.29, 0.717) is 18.2 Å². The third-order valence-electron chi connectivity index (χ3n) is 6.72. The molecule has 10 heteroatoms. The minimum atomic E-state index is -0.991. The zero-order chi connectivity index (χ0) is 23.0. The molecule has 1 unspecified atom stereocenters. The highest BCUT2D eigenvalue weighted by Crippen LogP contribution is 2.33. The molecule has 1 atom stereocenters. The maximum absolute atomic E-state index is 13.1. The van der Waals surface area contributed by atoms with Gasteiger partial charge in [0, 0.05) is 31.7 Å². The third-order valence-corrected chi connectivity index (χ3v) is 6.72. The van der Waals surface area contributed by atoms with E-state index in [4.69, 9.17) is 5.11 Å². The lowest BCUT2D eigenvalue weighted by Crippen LogP contribution is -2.54. The summed E-state index contributed by atoms with van der Waals surface area (Å²) in [6, 6.07) is 4.03. The van der Waals surface area contributed by atoms with Crippen molar-refractivity contribution in [2.24, 2.45) is 5.92 Å². The Kier molecular flexibility index (Phi) is 5.86. The van der Waals surface area contributed by atoms with Crippen molar-refractivity contribution in [3.05, 3.63) is 29.3 Å². The third kappa shape index (κ3) is 3.92. The first-order valence-corrected chi connectivity index (χ1v) is 10.8. The molecule has 1 aliphatic carbocycles. The number of hydrogen-bond donors (Lipinski definition) is 3. The molecule has 2 aliphatic heterocycles. The van der Waals surface area contributed by atoms with Crippen LogP contribution in [-0.4, -0.2) is 70.3 Å². The number of piperidine rings is 1. The second kappa shape index (κ2) is 8.60. The fourth-order valence-corrected chi connectivity index (χ4v) is 4.81. The van der Waals surface area contributed by atoms with Crippen LogP contribution in [0.4, 0.5) is 10.5 Å². The number of rotatable bonds is 5. The summed E-state index contributed by atoms with van der Waals surface area (Å²) < 4.78 is 0. The van der Waals surface area contributed by atoms with Crippen molar-refractivity contribution in [3.8, 4) is 0 Å². The zero-order valence-electron chi connectivity index (χ0n) is 17.8. The molecule has 1 saturated heterocycles. The maximum Gasteiger partial charge on any atom is 0.407 e. The molecule has 1 saturated carbocycles. The van der Waals surface area contributed by atoms with Crippen molar-refractivity contribution in [3.63, 3.8) is 0 Å². The van der Waals surface area contributed by atoms with Gasteiger partial charge in [0.2, 0.25) is 11.8 Å². The van der Waals surface area contributed by atoms with E-state index in [9.17, 15) is 24.0 Å². The molecule has 0 spiro atoms. The Bertz CT molecular complexity index is 985. The highest BCUT2D eigenvalue weighted by atomic mass is 16.4. The monoisotopic (exact) mass is 442 g/mol. The Hall–Kier alpha value is -3.43. The number of hydrogen-bond acceptors (Lipinski definition) is 6. The van der Waals surface area contributed by atoms with Crippen molar-refractivity contribution >= 4 is 35.4 Å². The summed E-state index contributed by atoms with van der Waals surface area (Å²) in [4.78, 5) is 63.2. The molecule has 32 heavy (non-hydrogen) atoms. The molecule has 4 rings (SSSR count). The van der Waals surface area contributed by atoms with Crippen LogP contribution in [0.2, 0.25) is 0 Å². The molecule has 3 aliphatic rings. The second-order valence-corrected chi connectivity index (χ2v) is 8.62. The fourth-order valence-electron chi connectivity index (χ4n) is 4.81. The normalized spacial score (nSPS) is 25.4. The lowest BCUT2D eigenvalue weighted by molar-refractivity contribution is -0.136. The van der Waals surface area contributed by atoms with E-state index in [1.54, 1.807) is 25.2 Å². The van der Waals surface area contributed by atoms with Crippen molar-refractivity contribution in [2.75, 3.05) is 18.9 Å². The number of carbonyl (C=O) groups excluding carboxylic acids is 4. The number of carbonyl (C=O) groups is 5. The Morgan fingerprint density at radius 3 is 2.50 bits per heavy atom. The fraction of sp³-hybridized carbons (Fsp3) is 0.500. The van der Waals surface area contributed by atoms with Crippen molar-refractivity contribution in [1.82, 2.24) is 15.1 Å². The van der Waals surface area contributed by atoms with E-state index >= 15 is 0 Å². The van der Waals surface area contributed by atoms with Gasteiger partial charge < -0.3 is 15.3 Å². The number of benzene rings is 1. The first-order chi connectivity index (χ1) is 15.3. The van der Waals surface area contributed by atoms with Crippen LogP contribution in [0.15, 0.2) is 18.2 Å². The summed E-state index contributed by atoms with van der Waals surface area (Å²) in [7, 11) is 1.59. The molecule has 2 fully saturated rings. The van der Waals surface area contributed by atoms with Gasteiger partial charge in [-0.2, -0.15) is 0 Å². The van der Waals surface area contributed by atoms with Gasteiger partial charge in [-0.1, -0.05) is 6.07 Å². The molecule has 170 valence electrons. The lowest BCUT2D eigenvalue weighted by atomic mass is 9.85. The van der Waals surface area contributed by atoms with Crippen LogP contribution in [0.1, 0.15) is 59.2 Å². The Balaban J connectivity index is 1.43. The van der Waals surface area contributed by atoms with Crippen LogP contribution < -0.4 is 10.6 Å². The van der Waals surface area contributed by atoms with E-state index in [0.717, 1.165) is 30.6 Å². The smallest absolute Gasteiger partial charge is 0.407 e. The quantitative estimate of drug-likeness (QED) is 0.590.